The van der Waals surface area contributed by atoms with Crippen molar-refractivity contribution in [3.05, 3.63) is 22.4 Å². The molecule has 0 radical (unpaired) electrons. The van der Waals surface area contributed by atoms with Gasteiger partial charge in [-0.3, -0.25) is 4.79 Å². The number of carbonyl (C=O) groups is 1. The monoisotopic (exact) mass is 198 g/mol. The first-order chi connectivity index (χ1) is 6.18. The summed E-state index contributed by atoms with van der Waals surface area (Å²) in [5.41, 5.74) is 0.849. The lowest BCUT2D eigenvalue weighted by atomic mass is 9.80. The fourth-order valence-corrected chi connectivity index (χ4v) is 2.27. The van der Waals surface area contributed by atoms with E-state index in [-0.39, 0.29) is 11.5 Å². The van der Waals surface area contributed by atoms with E-state index in [4.69, 9.17) is 11.6 Å². The van der Waals surface area contributed by atoms with Gasteiger partial charge in [0.1, 0.15) is 5.76 Å². The summed E-state index contributed by atoms with van der Waals surface area (Å²) < 4.78 is 0. The molecule has 0 amide bonds. The van der Waals surface area contributed by atoms with Crippen molar-refractivity contribution >= 4 is 17.4 Å². The lowest BCUT2D eigenvalue weighted by molar-refractivity contribution is -0.115. The second-order valence-corrected chi connectivity index (χ2v) is 3.98. The van der Waals surface area contributed by atoms with Gasteiger partial charge in [0, 0.05) is 12.8 Å². The predicted molar refractivity (Wildman–Crippen MR) is 50.6 cm³/mol. The fourth-order valence-electron chi connectivity index (χ4n) is 1.97. The lowest BCUT2D eigenvalue weighted by Crippen LogP contribution is -2.18. The third-order valence-electron chi connectivity index (χ3n) is 2.73. The van der Waals surface area contributed by atoms with Crippen molar-refractivity contribution in [3.8, 4) is 0 Å². The molecule has 0 aromatic carbocycles. The Labute approximate surface area is 81.9 Å². The van der Waals surface area contributed by atoms with Gasteiger partial charge in [-0.05, 0) is 30.4 Å². The molecule has 0 heterocycles. The van der Waals surface area contributed by atoms with Gasteiger partial charge in [-0.2, -0.15) is 0 Å². The van der Waals surface area contributed by atoms with Crippen molar-refractivity contribution in [2.45, 2.75) is 25.7 Å². The zero-order chi connectivity index (χ0) is 9.42. The second-order valence-electron chi connectivity index (χ2n) is 3.60. The number of allylic oxidation sites excluding steroid dienone is 4. The molecule has 1 N–H and O–H groups in total. The first kappa shape index (κ1) is 8.82. The lowest BCUT2D eigenvalue weighted by Gasteiger charge is -2.27. The molecule has 1 unspecified atom stereocenters. The average molecular weight is 199 g/mol. The molecule has 0 saturated carbocycles. The van der Waals surface area contributed by atoms with E-state index in [1.807, 2.05) is 0 Å². The summed E-state index contributed by atoms with van der Waals surface area (Å²) in [6.45, 7) is 0. The second kappa shape index (κ2) is 3.18. The molecule has 0 fully saturated rings. The zero-order valence-corrected chi connectivity index (χ0v) is 7.97. The van der Waals surface area contributed by atoms with Crippen molar-refractivity contribution in [1.82, 2.24) is 0 Å². The van der Waals surface area contributed by atoms with Gasteiger partial charge < -0.3 is 5.11 Å². The van der Waals surface area contributed by atoms with E-state index >= 15 is 0 Å². The van der Waals surface area contributed by atoms with Gasteiger partial charge in [0.2, 0.25) is 0 Å². The minimum absolute atomic E-state index is 0.124. The van der Waals surface area contributed by atoms with Crippen molar-refractivity contribution in [1.29, 1.82) is 0 Å². The van der Waals surface area contributed by atoms with Gasteiger partial charge in [-0.1, -0.05) is 11.6 Å². The van der Waals surface area contributed by atoms with Gasteiger partial charge in [0.25, 0.3) is 0 Å². The molecular weight excluding hydrogens is 188 g/mol. The number of carbonyl (C=O) groups excluding carboxylic acids is 1. The van der Waals surface area contributed by atoms with Crippen LogP contribution in [0.1, 0.15) is 25.7 Å². The summed E-state index contributed by atoms with van der Waals surface area (Å²) in [5.74, 6) is 0.749. The number of aliphatic hydroxyl groups excluding tert-OH is 1. The van der Waals surface area contributed by atoms with E-state index in [2.05, 4.69) is 0 Å². The fraction of sp³-hybridized carbons (Fsp3) is 0.500. The molecule has 2 nitrogen and oxygen atoms in total. The minimum Gasteiger partial charge on any atom is -0.511 e. The largest absolute Gasteiger partial charge is 0.511 e. The van der Waals surface area contributed by atoms with Crippen LogP contribution in [-0.4, -0.2) is 10.9 Å². The number of fused-ring (bicyclic) bond motifs is 1. The van der Waals surface area contributed by atoms with Gasteiger partial charge in [-0.15, -0.1) is 0 Å². The molecule has 0 spiro atoms. The average Bonchev–Trinajstić information content (AvgIpc) is 2.12. The van der Waals surface area contributed by atoms with Crippen LogP contribution >= 0.6 is 11.6 Å². The SMILES string of the molecule is O=C1C=C2C(Cl)=C(O)CCC2CC1. The molecule has 0 aromatic heterocycles. The number of halogens is 1. The van der Waals surface area contributed by atoms with Crippen LogP contribution in [0.3, 0.4) is 0 Å². The van der Waals surface area contributed by atoms with Gasteiger partial charge in [-0.25, -0.2) is 0 Å². The van der Waals surface area contributed by atoms with Gasteiger partial charge in [0.15, 0.2) is 5.78 Å². The summed E-state index contributed by atoms with van der Waals surface area (Å²) in [5, 5.41) is 9.81. The molecule has 2 aliphatic rings. The molecule has 0 saturated heterocycles. The first-order valence-corrected chi connectivity index (χ1v) is 4.88. The Morgan fingerprint density at radius 2 is 2.08 bits per heavy atom. The molecule has 2 aliphatic carbocycles. The molecule has 0 aliphatic heterocycles. The highest BCUT2D eigenvalue weighted by Crippen LogP contribution is 2.40. The van der Waals surface area contributed by atoms with Crippen molar-refractivity contribution in [3.63, 3.8) is 0 Å². The topological polar surface area (TPSA) is 37.3 Å². The maximum atomic E-state index is 11.1. The maximum absolute atomic E-state index is 11.1. The summed E-state index contributed by atoms with van der Waals surface area (Å²) in [6, 6.07) is 0. The minimum atomic E-state index is 0.124. The molecule has 0 aromatic rings. The maximum Gasteiger partial charge on any atom is 0.156 e. The quantitative estimate of drug-likeness (QED) is 0.650. The van der Waals surface area contributed by atoms with Crippen LogP contribution in [0.5, 0.6) is 0 Å². The predicted octanol–water partition coefficient (Wildman–Crippen LogP) is 2.69. The molecule has 13 heavy (non-hydrogen) atoms. The van der Waals surface area contributed by atoms with Crippen LogP contribution in [0.2, 0.25) is 0 Å². The standard InChI is InChI=1S/C10H11ClO2/c11-10-8-5-7(12)3-1-6(8)2-4-9(10)13/h5-6,13H,1-4H2. The first-order valence-electron chi connectivity index (χ1n) is 4.51. The summed E-state index contributed by atoms with van der Waals surface area (Å²) in [7, 11) is 0. The van der Waals surface area contributed by atoms with Crippen molar-refractivity contribution in [2.75, 3.05) is 0 Å². The van der Waals surface area contributed by atoms with E-state index in [0.29, 0.717) is 23.8 Å². The Bertz CT molecular complexity index is 315. The van der Waals surface area contributed by atoms with E-state index < -0.39 is 0 Å². The summed E-state index contributed by atoms with van der Waals surface area (Å²) >= 11 is 5.92. The molecular formula is C10H11ClO2. The number of aliphatic hydroxyl groups is 1. The van der Waals surface area contributed by atoms with E-state index in [0.717, 1.165) is 18.4 Å². The van der Waals surface area contributed by atoms with E-state index in [1.165, 1.54) is 0 Å². The summed E-state index contributed by atoms with van der Waals surface area (Å²) in [4.78, 5) is 11.1. The number of hydrogen-bond acceptors (Lipinski definition) is 2. The molecule has 70 valence electrons. The Kier molecular flexibility index (Phi) is 2.16. The number of rotatable bonds is 0. The highest BCUT2D eigenvalue weighted by molar-refractivity contribution is 6.32. The molecule has 3 heteroatoms. The highest BCUT2D eigenvalue weighted by Gasteiger charge is 2.28. The van der Waals surface area contributed by atoms with Crippen molar-refractivity contribution in [2.24, 2.45) is 5.92 Å². The third kappa shape index (κ3) is 1.51. The Hall–Kier alpha value is -0.760. The van der Waals surface area contributed by atoms with Crippen LogP contribution in [0.15, 0.2) is 22.4 Å². The van der Waals surface area contributed by atoms with E-state index in [1.54, 1.807) is 6.08 Å². The summed E-state index contributed by atoms with van der Waals surface area (Å²) in [6.07, 6.45) is 4.66. The third-order valence-corrected chi connectivity index (χ3v) is 3.17. The van der Waals surface area contributed by atoms with Gasteiger partial charge >= 0.3 is 0 Å². The smallest absolute Gasteiger partial charge is 0.156 e. The van der Waals surface area contributed by atoms with Gasteiger partial charge in [0.05, 0.1) is 5.03 Å². The Morgan fingerprint density at radius 3 is 2.85 bits per heavy atom. The van der Waals surface area contributed by atoms with Crippen LogP contribution < -0.4 is 0 Å². The van der Waals surface area contributed by atoms with Crippen LogP contribution in [-0.2, 0) is 4.79 Å². The number of hydrogen-bond donors (Lipinski definition) is 1. The van der Waals surface area contributed by atoms with Crippen LogP contribution in [0, 0.1) is 5.92 Å². The van der Waals surface area contributed by atoms with Crippen LogP contribution in [0.25, 0.3) is 0 Å². The Morgan fingerprint density at radius 1 is 1.38 bits per heavy atom. The molecule has 0 bridgehead atoms. The number of ketones is 1. The van der Waals surface area contributed by atoms with Crippen molar-refractivity contribution < 1.29 is 9.90 Å². The van der Waals surface area contributed by atoms with E-state index in [9.17, 15) is 9.90 Å². The molecule has 2 rings (SSSR count). The van der Waals surface area contributed by atoms with Crippen LogP contribution in [0.4, 0.5) is 0 Å². The Balaban J connectivity index is 2.40. The zero-order valence-electron chi connectivity index (χ0n) is 7.22. The molecule has 1 atom stereocenters. The highest BCUT2D eigenvalue weighted by atomic mass is 35.5. The normalized spacial score (nSPS) is 28.5.